The second-order valence-electron chi connectivity index (χ2n) is 8.08. The van der Waals surface area contributed by atoms with Gasteiger partial charge in [-0.05, 0) is 25.1 Å². The molecule has 0 fully saturated rings. The number of rotatable bonds is 9. The second kappa shape index (κ2) is 10.0. The monoisotopic (exact) mass is 535 g/mol. The van der Waals surface area contributed by atoms with Crippen LogP contribution in [0.2, 0.25) is 0 Å². The molecule has 0 atom stereocenters. The van der Waals surface area contributed by atoms with Crippen molar-refractivity contribution in [3.8, 4) is 22.6 Å². The normalized spacial score (nSPS) is 11.6. The maximum Gasteiger partial charge on any atom is 0.270 e. The Kier molecular flexibility index (Phi) is 6.65. The van der Waals surface area contributed by atoms with Crippen LogP contribution in [0.25, 0.3) is 27.6 Å². The number of nitrogens with one attached hydrogen (secondary N) is 2. The highest BCUT2D eigenvalue weighted by Gasteiger charge is 2.20. The fourth-order valence-electron chi connectivity index (χ4n) is 3.73. The van der Waals surface area contributed by atoms with Gasteiger partial charge < -0.3 is 5.32 Å². The number of benzene rings is 2. The van der Waals surface area contributed by atoms with Crippen LogP contribution in [0.3, 0.4) is 0 Å². The molecule has 0 aliphatic rings. The maximum atomic E-state index is 12.5. The highest BCUT2D eigenvalue weighted by atomic mass is 32.2. The van der Waals surface area contributed by atoms with Gasteiger partial charge in [0, 0.05) is 48.6 Å². The Hall–Kier alpha value is -4.20. The Morgan fingerprint density at radius 3 is 2.68 bits per heavy atom. The fourth-order valence-corrected chi connectivity index (χ4v) is 5.48. The number of hydrogen-bond donors (Lipinski definition) is 2. The first-order valence-corrected chi connectivity index (χ1v) is 13.5. The van der Waals surface area contributed by atoms with Gasteiger partial charge in [-0.1, -0.05) is 29.8 Å². The molecule has 13 heteroatoms. The molecule has 5 aromatic rings. The number of nitro groups is 1. The number of imidazole rings is 1. The molecule has 5 rings (SSSR count). The molecule has 3 heterocycles. The van der Waals surface area contributed by atoms with E-state index < -0.39 is 14.9 Å². The lowest BCUT2D eigenvalue weighted by Gasteiger charge is -2.09. The van der Waals surface area contributed by atoms with E-state index in [9.17, 15) is 18.5 Å². The minimum absolute atomic E-state index is 0.0297. The van der Waals surface area contributed by atoms with Crippen LogP contribution in [0.4, 0.5) is 11.6 Å². The molecule has 188 valence electrons. The molecule has 0 aliphatic heterocycles. The van der Waals surface area contributed by atoms with Gasteiger partial charge in [0.05, 0.1) is 15.5 Å². The molecular weight excluding hydrogens is 514 g/mol. The molecule has 37 heavy (non-hydrogen) atoms. The van der Waals surface area contributed by atoms with Crippen molar-refractivity contribution in [2.45, 2.75) is 11.8 Å². The number of nitrogens with zero attached hydrogens (tertiary/aromatic N) is 5. The summed E-state index contributed by atoms with van der Waals surface area (Å²) in [6, 6.07) is 14.6. The topological polar surface area (TPSA) is 144 Å². The number of aromatic nitrogens is 4. The third kappa shape index (κ3) is 5.18. The van der Waals surface area contributed by atoms with E-state index in [4.69, 9.17) is 0 Å². The number of anilines is 1. The van der Waals surface area contributed by atoms with Gasteiger partial charge in [-0.25, -0.2) is 28.1 Å². The van der Waals surface area contributed by atoms with Crippen molar-refractivity contribution in [3.05, 3.63) is 88.0 Å². The molecule has 0 aliphatic carbocycles. The number of nitro benzene ring substituents is 1. The standard InChI is InChI=1S/C24H21N7O4S2/c1-16-5-7-19(8-6-16)37(34,35)27-12-11-26-23-25-10-9-20(28-23)22-21(29-24-30(22)13-14-36-24)17-3-2-4-18(15-17)31(32)33/h2-10,13-15,27H,11-12H2,1H3,(H,25,26,28). The third-order valence-electron chi connectivity index (χ3n) is 5.52. The first-order chi connectivity index (χ1) is 17.8. The van der Waals surface area contributed by atoms with Crippen LogP contribution in [0, 0.1) is 17.0 Å². The van der Waals surface area contributed by atoms with Crippen LogP contribution >= 0.6 is 11.3 Å². The molecule has 0 amide bonds. The van der Waals surface area contributed by atoms with E-state index in [1.54, 1.807) is 48.7 Å². The highest BCUT2D eigenvalue weighted by molar-refractivity contribution is 7.89. The minimum Gasteiger partial charge on any atom is -0.353 e. The molecule has 0 bridgehead atoms. The number of hydrogen-bond acceptors (Lipinski definition) is 9. The Morgan fingerprint density at radius 1 is 1.08 bits per heavy atom. The molecule has 2 aromatic carbocycles. The van der Waals surface area contributed by atoms with Gasteiger partial charge in [0.25, 0.3) is 5.69 Å². The average Bonchev–Trinajstić information content (AvgIpc) is 3.49. The Morgan fingerprint density at radius 2 is 1.89 bits per heavy atom. The van der Waals surface area contributed by atoms with E-state index in [-0.39, 0.29) is 23.7 Å². The zero-order valence-corrected chi connectivity index (χ0v) is 21.2. The van der Waals surface area contributed by atoms with Crippen LogP contribution in [-0.2, 0) is 10.0 Å². The predicted molar refractivity (Wildman–Crippen MR) is 141 cm³/mol. The van der Waals surface area contributed by atoms with E-state index in [2.05, 4.69) is 25.0 Å². The van der Waals surface area contributed by atoms with E-state index >= 15 is 0 Å². The summed E-state index contributed by atoms with van der Waals surface area (Å²) in [4.78, 5) is 25.3. The molecule has 0 saturated heterocycles. The van der Waals surface area contributed by atoms with Gasteiger partial charge in [0.2, 0.25) is 16.0 Å². The molecule has 0 spiro atoms. The molecule has 0 radical (unpaired) electrons. The van der Waals surface area contributed by atoms with Crippen LogP contribution in [0.5, 0.6) is 0 Å². The lowest BCUT2D eigenvalue weighted by molar-refractivity contribution is -0.384. The molecule has 3 aromatic heterocycles. The minimum atomic E-state index is -3.63. The zero-order chi connectivity index (χ0) is 26.0. The zero-order valence-electron chi connectivity index (χ0n) is 19.5. The lowest BCUT2D eigenvalue weighted by atomic mass is 10.1. The SMILES string of the molecule is Cc1ccc(S(=O)(=O)NCCNc2nccc(-c3c(-c4cccc([N+](=O)[O-])c4)nc4sccn34)n2)cc1. The second-order valence-corrected chi connectivity index (χ2v) is 10.7. The van der Waals surface area contributed by atoms with Crippen molar-refractivity contribution in [2.75, 3.05) is 18.4 Å². The Labute approximate surface area is 216 Å². The molecule has 0 saturated carbocycles. The van der Waals surface area contributed by atoms with Crippen LogP contribution in [0.1, 0.15) is 5.56 Å². The number of fused-ring (bicyclic) bond motifs is 1. The van der Waals surface area contributed by atoms with Crippen LogP contribution < -0.4 is 10.0 Å². The van der Waals surface area contributed by atoms with Crippen molar-refractivity contribution in [1.29, 1.82) is 0 Å². The Bertz CT molecular complexity index is 1700. The van der Waals surface area contributed by atoms with Crippen LogP contribution in [-0.4, -0.2) is 45.8 Å². The van der Waals surface area contributed by atoms with Gasteiger partial charge in [0.1, 0.15) is 11.4 Å². The summed E-state index contributed by atoms with van der Waals surface area (Å²) >= 11 is 1.44. The average molecular weight is 536 g/mol. The third-order valence-corrected chi connectivity index (χ3v) is 7.76. The van der Waals surface area contributed by atoms with Crippen LogP contribution in [0.15, 0.2) is 77.3 Å². The molecule has 2 N–H and O–H groups in total. The highest BCUT2D eigenvalue weighted by Crippen LogP contribution is 2.34. The van der Waals surface area contributed by atoms with Crippen molar-refractivity contribution >= 4 is 38.0 Å². The number of non-ortho nitro benzene ring substituents is 1. The van der Waals surface area contributed by atoms with Crippen molar-refractivity contribution in [3.63, 3.8) is 0 Å². The number of sulfonamides is 1. The summed E-state index contributed by atoms with van der Waals surface area (Å²) in [7, 11) is -3.63. The lowest BCUT2D eigenvalue weighted by Crippen LogP contribution is -2.29. The van der Waals surface area contributed by atoms with Gasteiger partial charge >= 0.3 is 0 Å². The summed E-state index contributed by atoms with van der Waals surface area (Å²) < 4.78 is 29.4. The van der Waals surface area contributed by atoms with Gasteiger partial charge in [-0.15, -0.1) is 11.3 Å². The van der Waals surface area contributed by atoms with E-state index in [0.717, 1.165) is 10.5 Å². The van der Waals surface area contributed by atoms with Gasteiger partial charge in [-0.2, -0.15) is 0 Å². The van der Waals surface area contributed by atoms with Gasteiger partial charge in [0.15, 0.2) is 4.96 Å². The first-order valence-electron chi connectivity index (χ1n) is 11.2. The van der Waals surface area contributed by atoms with Crippen molar-refractivity contribution < 1.29 is 13.3 Å². The molecule has 0 unspecified atom stereocenters. The summed E-state index contributed by atoms with van der Waals surface area (Å²) in [6.07, 6.45) is 3.45. The van der Waals surface area contributed by atoms with E-state index in [1.165, 1.54) is 23.5 Å². The summed E-state index contributed by atoms with van der Waals surface area (Å²) in [6.45, 7) is 2.28. The smallest absolute Gasteiger partial charge is 0.270 e. The maximum absolute atomic E-state index is 12.5. The number of thiazole rings is 1. The van der Waals surface area contributed by atoms with E-state index in [1.807, 2.05) is 22.9 Å². The summed E-state index contributed by atoms with van der Waals surface area (Å²) in [5, 5.41) is 16.2. The van der Waals surface area contributed by atoms with Crippen molar-refractivity contribution in [1.82, 2.24) is 24.1 Å². The molecule has 11 nitrogen and oxygen atoms in total. The first kappa shape index (κ1) is 24.5. The summed E-state index contributed by atoms with van der Waals surface area (Å²) in [5.41, 5.74) is 3.33. The summed E-state index contributed by atoms with van der Waals surface area (Å²) in [5.74, 6) is 0.308. The Balaban J connectivity index is 1.36. The van der Waals surface area contributed by atoms with E-state index in [0.29, 0.717) is 28.6 Å². The fraction of sp³-hybridized carbons (Fsp3) is 0.125. The number of aryl methyl sites for hydroxylation is 1. The quantitative estimate of drug-likeness (QED) is 0.163. The molecular formula is C24H21N7O4S2. The van der Waals surface area contributed by atoms with Gasteiger partial charge in [-0.3, -0.25) is 14.5 Å². The largest absolute Gasteiger partial charge is 0.353 e. The predicted octanol–water partition coefficient (Wildman–Crippen LogP) is 4.13. The van der Waals surface area contributed by atoms with Crippen molar-refractivity contribution in [2.24, 2.45) is 0 Å².